The largest absolute Gasteiger partial charge is 0.491 e. The lowest BCUT2D eigenvalue weighted by atomic mass is 9.93. The lowest BCUT2D eigenvalue weighted by Gasteiger charge is -2.28. The number of benzene rings is 1. The van der Waals surface area contributed by atoms with Gasteiger partial charge in [0.25, 0.3) is 0 Å². The summed E-state index contributed by atoms with van der Waals surface area (Å²) in [6.07, 6.45) is -0.786. The highest BCUT2D eigenvalue weighted by atomic mass is 19.1. The minimum atomic E-state index is -1.55. The molecule has 0 unspecified atom stereocenters. The summed E-state index contributed by atoms with van der Waals surface area (Å²) in [5.74, 6) is -0.751. The molecule has 0 saturated carbocycles. The predicted octanol–water partition coefficient (Wildman–Crippen LogP) is 2.95. The Kier molecular flexibility index (Phi) is 6.57. The van der Waals surface area contributed by atoms with Crippen LogP contribution in [0.5, 0.6) is 5.75 Å². The average Bonchev–Trinajstić information content (AvgIpc) is 2.43. The number of hydrogen-bond donors (Lipinski definition) is 2. The van der Waals surface area contributed by atoms with Gasteiger partial charge in [-0.1, -0.05) is 12.1 Å². The van der Waals surface area contributed by atoms with Crippen LogP contribution in [0.15, 0.2) is 24.3 Å². The molecule has 0 fully saturated rings. The van der Waals surface area contributed by atoms with Crippen LogP contribution in [0.1, 0.15) is 33.3 Å². The summed E-state index contributed by atoms with van der Waals surface area (Å²) in [5, 5.41) is 11.9. The second-order valence-corrected chi connectivity index (χ2v) is 6.63. The first kappa shape index (κ1) is 19.7. The first-order chi connectivity index (χ1) is 11.1. The number of ether oxygens (including phenoxy) is 2. The quantitative estimate of drug-likeness (QED) is 0.796. The van der Waals surface area contributed by atoms with Gasteiger partial charge in [0.1, 0.15) is 30.2 Å². The summed E-state index contributed by atoms with van der Waals surface area (Å²) >= 11 is 0. The SMILES string of the molecule is CC(C)(C)OC(=O)N[C@@](C)(Cc1cccc(OCCF)c1)C(=O)O. The molecule has 0 aliphatic carbocycles. The van der Waals surface area contributed by atoms with E-state index in [1.807, 2.05) is 0 Å². The molecule has 0 radical (unpaired) electrons. The van der Waals surface area contributed by atoms with Gasteiger partial charge >= 0.3 is 12.1 Å². The van der Waals surface area contributed by atoms with Gasteiger partial charge in [0.15, 0.2) is 0 Å². The van der Waals surface area contributed by atoms with E-state index < -0.39 is 29.9 Å². The van der Waals surface area contributed by atoms with Gasteiger partial charge in [-0.3, -0.25) is 0 Å². The molecule has 0 aliphatic rings. The van der Waals surface area contributed by atoms with Crippen LogP contribution in [0.4, 0.5) is 9.18 Å². The van der Waals surface area contributed by atoms with Crippen molar-refractivity contribution in [2.24, 2.45) is 0 Å². The van der Waals surface area contributed by atoms with Gasteiger partial charge in [-0.15, -0.1) is 0 Å². The topological polar surface area (TPSA) is 84.9 Å². The monoisotopic (exact) mass is 341 g/mol. The molecule has 24 heavy (non-hydrogen) atoms. The molecule has 1 atom stereocenters. The molecule has 2 N–H and O–H groups in total. The molecule has 1 amide bonds. The molecule has 7 heteroatoms. The number of hydrogen-bond acceptors (Lipinski definition) is 4. The Balaban J connectivity index is 2.88. The standard InChI is InChI=1S/C17H24FNO5/c1-16(2,3)24-15(22)19-17(4,14(20)21)11-12-6-5-7-13(10-12)23-9-8-18/h5-7,10H,8-9,11H2,1-4H3,(H,19,22)(H,20,21)/t17-/m0/s1. The summed E-state index contributed by atoms with van der Waals surface area (Å²) in [6, 6.07) is 6.66. The third kappa shape index (κ3) is 6.44. The first-order valence-electron chi connectivity index (χ1n) is 7.58. The zero-order valence-electron chi connectivity index (χ0n) is 14.4. The third-order valence-corrected chi connectivity index (χ3v) is 3.05. The molecule has 134 valence electrons. The Morgan fingerprint density at radius 1 is 1.25 bits per heavy atom. The maximum absolute atomic E-state index is 12.2. The lowest BCUT2D eigenvalue weighted by molar-refractivity contribution is -0.144. The van der Waals surface area contributed by atoms with Crippen LogP contribution in [-0.4, -0.2) is 41.6 Å². The molecular weight excluding hydrogens is 317 g/mol. The van der Waals surface area contributed by atoms with Crippen LogP contribution in [0.2, 0.25) is 0 Å². The normalized spacial score (nSPS) is 13.7. The third-order valence-electron chi connectivity index (χ3n) is 3.05. The van der Waals surface area contributed by atoms with Gasteiger partial charge in [0, 0.05) is 6.42 Å². The summed E-state index contributed by atoms with van der Waals surface area (Å²) < 4.78 is 22.5. The first-order valence-corrected chi connectivity index (χ1v) is 7.58. The van der Waals surface area contributed by atoms with Crippen LogP contribution in [-0.2, 0) is 16.0 Å². The minimum Gasteiger partial charge on any atom is -0.491 e. The van der Waals surface area contributed by atoms with Gasteiger partial charge in [-0.2, -0.15) is 0 Å². The molecule has 0 aromatic heterocycles. The molecule has 0 saturated heterocycles. The van der Waals surface area contributed by atoms with Crippen molar-refractivity contribution in [2.45, 2.75) is 45.3 Å². The number of carbonyl (C=O) groups excluding carboxylic acids is 1. The maximum atomic E-state index is 12.2. The summed E-state index contributed by atoms with van der Waals surface area (Å²) in [7, 11) is 0. The van der Waals surface area contributed by atoms with E-state index in [-0.39, 0.29) is 13.0 Å². The Bertz CT molecular complexity index is 585. The predicted molar refractivity (Wildman–Crippen MR) is 87.0 cm³/mol. The van der Waals surface area contributed by atoms with E-state index in [0.29, 0.717) is 11.3 Å². The number of carboxylic acids is 1. The van der Waals surface area contributed by atoms with Gasteiger partial charge in [-0.05, 0) is 45.4 Å². The van der Waals surface area contributed by atoms with Crippen LogP contribution < -0.4 is 10.1 Å². The van der Waals surface area contributed by atoms with Gasteiger partial charge in [-0.25, -0.2) is 14.0 Å². The lowest BCUT2D eigenvalue weighted by Crippen LogP contribution is -2.54. The number of alkyl carbamates (subject to hydrolysis) is 1. The number of alkyl halides is 1. The van der Waals surface area contributed by atoms with Crippen molar-refractivity contribution >= 4 is 12.1 Å². The fourth-order valence-electron chi connectivity index (χ4n) is 2.01. The molecule has 0 aliphatic heterocycles. The smallest absolute Gasteiger partial charge is 0.408 e. The fraction of sp³-hybridized carbons (Fsp3) is 0.529. The maximum Gasteiger partial charge on any atom is 0.408 e. The number of aliphatic carboxylic acids is 1. The van der Waals surface area contributed by atoms with Crippen LogP contribution >= 0.6 is 0 Å². The van der Waals surface area contributed by atoms with Crippen molar-refractivity contribution in [1.29, 1.82) is 0 Å². The van der Waals surface area contributed by atoms with Crippen molar-refractivity contribution < 1.29 is 28.6 Å². The zero-order chi connectivity index (χ0) is 18.4. The Morgan fingerprint density at radius 2 is 1.92 bits per heavy atom. The van der Waals surface area contributed by atoms with Crippen LogP contribution in [0, 0.1) is 0 Å². The summed E-state index contributed by atoms with van der Waals surface area (Å²) in [4.78, 5) is 23.5. The molecule has 1 aromatic carbocycles. The van der Waals surface area contributed by atoms with Crippen molar-refractivity contribution in [3.8, 4) is 5.75 Å². The van der Waals surface area contributed by atoms with Crippen molar-refractivity contribution in [1.82, 2.24) is 5.32 Å². The molecule has 0 bridgehead atoms. The van der Waals surface area contributed by atoms with Crippen molar-refractivity contribution in [2.75, 3.05) is 13.3 Å². The van der Waals surface area contributed by atoms with Crippen LogP contribution in [0.25, 0.3) is 0 Å². The molecular formula is C17H24FNO5. The van der Waals surface area contributed by atoms with E-state index in [9.17, 15) is 19.1 Å². The van der Waals surface area contributed by atoms with E-state index in [1.54, 1.807) is 45.0 Å². The van der Waals surface area contributed by atoms with Gasteiger partial charge in [0.2, 0.25) is 0 Å². The van der Waals surface area contributed by atoms with Crippen molar-refractivity contribution in [3.63, 3.8) is 0 Å². The number of halogens is 1. The van der Waals surface area contributed by atoms with Gasteiger partial charge in [0.05, 0.1) is 0 Å². The highest BCUT2D eigenvalue weighted by molar-refractivity contribution is 5.84. The molecule has 0 spiro atoms. The minimum absolute atomic E-state index is 0.0222. The average molecular weight is 341 g/mol. The van der Waals surface area contributed by atoms with E-state index in [4.69, 9.17) is 9.47 Å². The Labute approximate surface area is 141 Å². The number of rotatable bonds is 7. The number of carboxylic acid groups (broad SMARTS) is 1. The molecule has 0 heterocycles. The van der Waals surface area contributed by atoms with E-state index >= 15 is 0 Å². The van der Waals surface area contributed by atoms with Gasteiger partial charge < -0.3 is 19.9 Å². The second-order valence-electron chi connectivity index (χ2n) is 6.63. The number of nitrogens with one attached hydrogen (secondary N) is 1. The van der Waals surface area contributed by atoms with E-state index in [2.05, 4.69) is 5.32 Å². The Hall–Kier alpha value is -2.31. The molecule has 1 aromatic rings. The summed E-state index contributed by atoms with van der Waals surface area (Å²) in [6.45, 7) is 5.78. The highest BCUT2D eigenvalue weighted by Crippen LogP contribution is 2.20. The Morgan fingerprint density at radius 3 is 2.46 bits per heavy atom. The molecule has 1 rings (SSSR count). The molecule has 6 nitrogen and oxygen atoms in total. The van der Waals surface area contributed by atoms with Crippen LogP contribution in [0.3, 0.4) is 0 Å². The highest BCUT2D eigenvalue weighted by Gasteiger charge is 2.36. The fourth-order valence-corrected chi connectivity index (χ4v) is 2.01. The van der Waals surface area contributed by atoms with Crippen molar-refractivity contribution in [3.05, 3.63) is 29.8 Å². The number of carbonyl (C=O) groups is 2. The van der Waals surface area contributed by atoms with E-state index in [0.717, 1.165) is 0 Å². The number of amides is 1. The van der Waals surface area contributed by atoms with E-state index in [1.165, 1.54) is 6.92 Å². The second kappa shape index (κ2) is 7.99. The summed E-state index contributed by atoms with van der Waals surface area (Å²) in [5.41, 5.74) is -1.66. The zero-order valence-corrected chi connectivity index (χ0v) is 14.4.